The number of hydrogen-bond donors (Lipinski definition) is 2. The van der Waals surface area contributed by atoms with Gasteiger partial charge in [-0.3, -0.25) is 14.4 Å². The molecule has 0 saturated carbocycles. The maximum absolute atomic E-state index is 13.7. The highest BCUT2D eigenvalue weighted by Crippen LogP contribution is 2.68. The number of likely N-dealkylation sites (tertiary alicyclic amines) is 1. The van der Waals surface area contributed by atoms with E-state index in [0.717, 1.165) is 0 Å². The molecule has 6 atom stereocenters. The molecule has 1 spiro atoms. The highest BCUT2D eigenvalue weighted by molar-refractivity contribution is 8.02. The number of aliphatic carboxylic acids is 1. The zero-order chi connectivity index (χ0) is 20.8. The molecule has 3 aliphatic heterocycles. The van der Waals surface area contributed by atoms with E-state index in [1.807, 2.05) is 20.8 Å². The van der Waals surface area contributed by atoms with Crippen LogP contribution in [0.5, 0.6) is 0 Å². The lowest BCUT2D eigenvalue weighted by Crippen LogP contribution is -2.58. The van der Waals surface area contributed by atoms with Gasteiger partial charge in [0, 0.05) is 31.0 Å². The molecule has 2 amide bonds. The number of fused-ring (bicyclic) bond motifs is 1. The van der Waals surface area contributed by atoms with E-state index < -0.39 is 28.6 Å². The Morgan fingerprint density at radius 1 is 1.46 bits per heavy atom. The molecule has 3 saturated heterocycles. The van der Waals surface area contributed by atoms with Crippen molar-refractivity contribution in [1.82, 2.24) is 9.80 Å². The fourth-order valence-electron chi connectivity index (χ4n) is 5.41. The van der Waals surface area contributed by atoms with Crippen LogP contribution >= 0.6 is 11.8 Å². The van der Waals surface area contributed by atoms with E-state index in [4.69, 9.17) is 0 Å². The summed E-state index contributed by atoms with van der Waals surface area (Å²) in [6.45, 7) is 10.2. The summed E-state index contributed by atoms with van der Waals surface area (Å²) in [7, 11) is 0. The molecule has 0 radical (unpaired) electrons. The second kappa shape index (κ2) is 7.71. The van der Waals surface area contributed by atoms with Crippen LogP contribution in [0.3, 0.4) is 0 Å². The van der Waals surface area contributed by atoms with Crippen molar-refractivity contribution in [2.45, 2.75) is 55.7 Å². The number of thioether (sulfide) groups is 1. The number of aliphatic hydroxyl groups excluding tert-OH is 1. The molecular weight excluding hydrogens is 380 g/mol. The summed E-state index contributed by atoms with van der Waals surface area (Å²) in [6, 6.07) is -0.766. The fourth-order valence-corrected chi connectivity index (χ4v) is 7.82. The average molecular weight is 411 g/mol. The van der Waals surface area contributed by atoms with E-state index in [0.29, 0.717) is 19.4 Å². The van der Waals surface area contributed by atoms with Gasteiger partial charge in [-0.15, -0.1) is 18.3 Å². The Kier molecular flexibility index (Phi) is 5.83. The van der Waals surface area contributed by atoms with Crippen LogP contribution in [-0.4, -0.2) is 79.6 Å². The van der Waals surface area contributed by atoms with Crippen LogP contribution in [0.25, 0.3) is 0 Å². The molecule has 2 bridgehead atoms. The van der Waals surface area contributed by atoms with Crippen molar-refractivity contribution in [3.05, 3.63) is 12.7 Å². The summed E-state index contributed by atoms with van der Waals surface area (Å²) >= 11 is 1.54. The highest BCUT2D eigenvalue weighted by atomic mass is 32.2. The SMILES string of the molecule is C=CCN(C(=O)C1N(CCCO)C(=O)[C@@H]2[C@H](C(=O)O)[C@@H]3CC(C)C12S3)C(C)C. The van der Waals surface area contributed by atoms with Gasteiger partial charge in [0.25, 0.3) is 0 Å². The van der Waals surface area contributed by atoms with E-state index in [-0.39, 0.29) is 42.2 Å². The quantitative estimate of drug-likeness (QED) is 0.584. The van der Waals surface area contributed by atoms with E-state index >= 15 is 0 Å². The number of rotatable bonds is 8. The molecular formula is C20H30N2O5S. The minimum absolute atomic E-state index is 0.0649. The number of hydrogen-bond acceptors (Lipinski definition) is 5. The fraction of sp³-hybridized carbons (Fsp3) is 0.750. The molecule has 0 aromatic carbocycles. The summed E-state index contributed by atoms with van der Waals surface area (Å²) in [6.07, 6.45) is 2.73. The molecule has 0 aromatic rings. The van der Waals surface area contributed by atoms with Crippen LogP contribution in [0, 0.1) is 17.8 Å². The number of carboxylic acid groups (broad SMARTS) is 1. The largest absolute Gasteiger partial charge is 0.481 e. The Labute approximate surface area is 170 Å². The summed E-state index contributed by atoms with van der Waals surface area (Å²) in [5.74, 6) is -2.72. The third-order valence-electron chi connectivity index (χ3n) is 6.55. The monoisotopic (exact) mass is 410 g/mol. The van der Waals surface area contributed by atoms with Gasteiger partial charge in [0.1, 0.15) is 6.04 Å². The summed E-state index contributed by atoms with van der Waals surface area (Å²) in [5.41, 5.74) is 0. The molecule has 0 aromatic heterocycles. The molecule has 7 nitrogen and oxygen atoms in total. The Hall–Kier alpha value is -1.54. The van der Waals surface area contributed by atoms with Crippen LogP contribution < -0.4 is 0 Å². The maximum atomic E-state index is 13.7. The smallest absolute Gasteiger partial charge is 0.308 e. The van der Waals surface area contributed by atoms with Crippen LogP contribution in [0.2, 0.25) is 0 Å². The van der Waals surface area contributed by atoms with Crippen molar-refractivity contribution < 1.29 is 24.6 Å². The van der Waals surface area contributed by atoms with Crippen molar-refractivity contribution in [1.29, 1.82) is 0 Å². The van der Waals surface area contributed by atoms with E-state index in [1.54, 1.807) is 15.9 Å². The summed E-state index contributed by atoms with van der Waals surface area (Å²) in [4.78, 5) is 42.3. The van der Waals surface area contributed by atoms with Crippen molar-refractivity contribution in [3.63, 3.8) is 0 Å². The molecule has 3 fully saturated rings. The topological polar surface area (TPSA) is 98.2 Å². The van der Waals surface area contributed by atoms with Crippen LogP contribution in [-0.2, 0) is 14.4 Å². The molecule has 156 valence electrons. The highest BCUT2D eigenvalue weighted by Gasteiger charge is 2.76. The van der Waals surface area contributed by atoms with E-state index in [9.17, 15) is 24.6 Å². The van der Waals surface area contributed by atoms with Crippen LogP contribution in [0.1, 0.15) is 33.6 Å². The number of carbonyl (C=O) groups excluding carboxylic acids is 2. The zero-order valence-electron chi connectivity index (χ0n) is 16.7. The molecule has 0 aliphatic carbocycles. The van der Waals surface area contributed by atoms with Gasteiger partial charge in [0.2, 0.25) is 11.8 Å². The zero-order valence-corrected chi connectivity index (χ0v) is 17.5. The number of amides is 2. The molecule has 8 heteroatoms. The molecule has 3 unspecified atom stereocenters. The first-order chi connectivity index (χ1) is 13.2. The van der Waals surface area contributed by atoms with Gasteiger partial charge in [-0.05, 0) is 32.6 Å². The van der Waals surface area contributed by atoms with Crippen molar-refractivity contribution in [2.24, 2.45) is 17.8 Å². The Morgan fingerprint density at radius 3 is 2.68 bits per heavy atom. The van der Waals surface area contributed by atoms with Gasteiger partial charge in [-0.1, -0.05) is 13.0 Å². The lowest BCUT2D eigenvalue weighted by atomic mass is 9.66. The Morgan fingerprint density at radius 2 is 2.14 bits per heavy atom. The number of aliphatic hydroxyl groups is 1. The van der Waals surface area contributed by atoms with Crippen LogP contribution in [0.15, 0.2) is 12.7 Å². The van der Waals surface area contributed by atoms with Gasteiger partial charge in [0.05, 0.1) is 16.6 Å². The van der Waals surface area contributed by atoms with E-state index in [1.165, 1.54) is 11.8 Å². The number of nitrogens with zero attached hydrogens (tertiary/aromatic N) is 2. The standard InChI is InChI=1S/C20H30N2O5S/c1-5-7-21(11(2)3)18(25)16-20-12(4)10-13(28-20)14(19(26)27)15(20)17(24)22(16)8-6-9-23/h5,11-16,23H,1,6-10H2,2-4H3,(H,26,27)/t12?,13-,14+,15-,16?,20?/m0/s1. The minimum atomic E-state index is -0.952. The predicted octanol–water partition coefficient (Wildman–Crippen LogP) is 1.21. The van der Waals surface area contributed by atoms with Gasteiger partial charge in [-0.25, -0.2) is 0 Å². The molecule has 3 heterocycles. The first-order valence-corrected chi connectivity index (χ1v) is 10.8. The van der Waals surface area contributed by atoms with Gasteiger partial charge in [-0.2, -0.15) is 0 Å². The number of carbonyl (C=O) groups is 3. The lowest BCUT2D eigenvalue weighted by Gasteiger charge is -2.41. The second-order valence-electron chi connectivity index (χ2n) is 8.37. The minimum Gasteiger partial charge on any atom is -0.481 e. The third-order valence-corrected chi connectivity index (χ3v) is 8.63. The predicted molar refractivity (Wildman–Crippen MR) is 107 cm³/mol. The first-order valence-electron chi connectivity index (χ1n) is 9.95. The average Bonchev–Trinajstić information content (AvgIpc) is 3.21. The van der Waals surface area contributed by atoms with Gasteiger partial charge < -0.3 is 20.0 Å². The first kappa shape index (κ1) is 21.2. The summed E-state index contributed by atoms with van der Waals surface area (Å²) in [5, 5.41) is 19.0. The number of carboxylic acids is 1. The van der Waals surface area contributed by atoms with Gasteiger partial charge >= 0.3 is 5.97 Å². The maximum Gasteiger partial charge on any atom is 0.308 e. The van der Waals surface area contributed by atoms with Crippen molar-refractivity contribution in [2.75, 3.05) is 19.7 Å². The van der Waals surface area contributed by atoms with Gasteiger partial charge in [0.15, 0.2) is 0 Å². The Balaban J connectivity index is 2.08. The molecule has 3 aliphatic rings. The summed E-state index contributed by atoms with van der Waals surface area (Å²) < 4.78 is -0.717. The lowest BCUT2D eigenvalue weighted by molar-refractivity contribution is -0.149. The molecule has 3 rings (SSSR count). The molecule has 2 N–H and O–H groups in total. The normalized spacial score (nSPS) is 36.1. The Bertz CT molecular complexity index is 684. The van der Waals surface area contributed by atoms with Crippen molar-refractivity contribution in [3.8, 4) is 0 Å². The third kappa shape index (κ3) is 2.87. The van der Waals surface area contributed by atoms with E-state index in [2.05, 4.69) is 6.58 Å². The van der Waals surface area contributed by atoms with Crippen molar-refractivity contribution >= 4 is 29.5 Å². The molecule has 28 heavy (non-hydrogen) atoms. The van der Waals surface area contributed by atoms with Crippen LogP contribution in [0.4, 0.5) is 0 Å². The second-order valence-corrected chi connectivity index (χ2v) is 9.92.